The summed E-state index contributed by atoms with van der Waals surface area (Å²) in [6, 6.07) is 11.7. The molecule has 1 unspecified atom stereocenters. The summed E-state index contributed by atoms with van der Waals surface area (Å²) in [5.41, 5.74) is 1.29. The van der Waals surface area contributed by atoms with Crippen molar-refractivity contribution < 1.29 is 18.0 Å². The molecule has 1 amide bonds. The summed E-state index contributed by atoms with van der Waals surface area (Å²) in [7, 11) is 0. The fraction of sp³-hybridized carbons (Fsp3) is 0.167. The molecule has 0 fully saturated rings. The smallest absolute Gasteiger partial charge is 0.326 e. The highest BCUT2D eigenvalue weighted by atomic mass is 19.4. The minimum Gasteiger partial charge on any atom is -0.326 e. The van der Waals surface area contributed by atoms with E-state index in [1.165, 1.54) is 19.1 Å². The van der Waals surface area contributed by atoms with E-state index in [0.717, 1.165) is 17.7 Å². The summed E-state index contributed by atoms with van der Waals surface area (Å²) >= 11 is 0. The van der Waals surface area contributed by atoms with Crippen LogP contribution in [0.25, 0.3) is 0 Å². The van der Waals surface area contributed by atoms with E-state index in [4.69, 9.17) is 6.42 Å². The van der Waals surface area contributed by atoms with Crippen molar-refractivity contribution in [1.29, 1.82) is 0 Å². The van der Waals surface area contributed by atoms with Crippen LogP contribution < -0.4 is 5.32 Å². The molecule has 0 heterocycles. The van der Waals surface area contributed by atoms with Crippen LogP contribution in [-0.2, 0) is 11.0 Å². The summed E-state index contributed by atoms with van der Waals surface area (Å²) in [5.74, 6) is 1.94. The summed E-state index contributed by atoms with van der Waals surface area (Å²) in [5, 5.41) is 2.64. The Kier molecular flexibility index (Phi) is 4.75. The average molecular weight is 317 g/mol. The van der Waals surface area contributed by atoms with Crippen molar-refractivity contribution in [3.8, 4) is 12.3 Å². The second-order valence-electron chi connectivity index (χ2n) is 5.02. The second-order valence-corrected chi connectivity index (χ2v) is 5.02. The molecule has 0 aromatic heterocycles. The molecule has 1 atom stereocenters. The van der Waals surface area contributed by atoms with Crippen LogP contribution in [0, 0.1) is 12.3 Å². The normalized spacial score (nSPS) is 12.3. The number of amides is 1. The number of benzene rings is 2. The van der Waals surface area contributed by atoms with Gasteiger partial charge in [-0.3, -0.25) is 4.79 Å². The van der Waals surface area contributed by atoms with E-state index in [1.54, 1.807) is 24.3 Å². The number of carbonyl (C=O) groups is 1. The fourth-order valence-corrected chi connectivity index (χ4v) is 2.21. The minimum atomic E-state index is -4.37. The minimum absolute atomic E-state index is 0.186. The van der Waals surface area contributed by atoms with Crippen molar-refractivity contribution in [2.75, 3.05) is 5.32 Å². The topological polar surface area (TPSA) is 29.1 Å². The number of anilines is 1. The van der Waals surface area contributed by atoms with Crippen molar-refractivity contribution in [3.63, 3.8) is 0 Å². The number of hydrogen-bond acceptors (Lipinski definition) is 1. The first-order valence-corrected chi connectivity index (χ1v) is 6.82. The zero-order valence-electron chi connectivity index (χ0n) is 12.3. The van der Waals surface area contributed by atoms with Crippen LogP contribution in [-0.4, -0.2) is 5.91 Å². The van der Waals surface area contributed by atoms with Crippen LogP contribution in [0.1, 0.15) is 29.5 Å². The number of halogens is 3. The van der Waals surface area contributed by atoms with Crippen molar-refractivity contribution in [1.82, 2.24) is 0 Å². The van der Waals surface area contributed by atoms with Gasteiger partial charge in [0.2, 0.25) is 5.91 Å². The quantitative estimate of drug-likeness (QED) is 0.834. The van der Waals surface area contributed by atoms with E-state index in [1.807, 2.05) is 0 Å². The monoisotopic (exact) mass is 317 g/mol. The molecule has 2 rings (SSSR count). The molecule has 0 aliphatic carbocycles. The third-order valence-corrected chi connectivity index (χ3v) is 3.30. The van der Waals surface area contributed by atoms with Crippen molar-refractivity contribution >= 4 is 11.6 Å². The predicted octanol–water partition coefficient (Wildman–Crippen LogP) is 4.43. The predicted molar refractivity (Wildman–Crippen MR) is 82.9 cm³/mol. The van der Waals surface area contributed by atoms with Gasteiger partial charge in [-0.1, -0.05) is 30.2 Å². The van der Waals surface area contributed by atoms with Crippen molar-refractivity contribution in [3.05, 3.63) is 65.2 Å². The van der Waals surface area contributed by atoms with Gasteiger partial charge in [-0.15, -0.1) is 6.42 Å². The average Bonchev–Trinajstić information content (AvgIpc) is 2.49. The number of nitrogens with one attached hydrogen (secondary N) is 1. The van der Waals surface area contributed by atoms with Crippen LogP contribution in [0.3, 0.4) is 0 Å². The van der Waals surface area contributed by atoms with Crippen LogP contribution in [0.5, 0.6) is 0 Å². The van der Waals surface area contributed by atoms with Gasteiger partial charge in [0.15, 0.2) is 0 Å². The number of carbonyl (C=O) groups excluding carboxylic acids is 1. The molecule has 0 saturated carbocycles. The van der Waals surface area contributed by atoms with Crippen LogP contribution in [0.4, 0.5) is 18.9 Å². The van der Waals surface area contributed by atoms with Crippen molar-refractivity contribution in [2.45, 2.75) is 19.0 Å². The van der Waals surface area contributed by atoms with E-state index in [9.17, 15) is 18.0 Å². The van der Waals surface area contributed by atoms with E-state index in [0.29, 0.717) is 11.3 Å². The maximum Gasteiger partial charge on any atom is 0.416 e. The number of rotatable bonds is 3. The van der Waals surface area contributed by atoms with Gasteiger partial charge in [0, 0.05) is 12.6 Å². The molecule has 118 valence electrons. The van der Waals surface area contributed by atoms with Gasteiger partial charge in [-0.25, -0.2) is 0 Å². The van der Waals surface area contributed by atoms with Gasteiger partial charge in [-0.2, -0.15) is 13.2 Å². The molecule has 0 aliphatic heterocycles. The Hall–Kier alpha value is -2.74. The summed E-state index contributed by atoms with van der Waals surface area (Å²) in [6.07, 6.45) is 1.17. The lowest BCUT2D eigenvalue weighted by molar-refractivity contribution is -0.137. The number of terminal acetylenes is 1. The van der Waals surface area contributed by atoms with Gasteiger partial charge in [0.1, 0.15) is 0 Å². The Morgan fingerprint density at radius 2 is 1.52 bits per heavy atom. The Morgan fingerprint density at radius 1 is 1.04 bits per heavy atom. The lowest BCUT2D eigenvalue weighted by atomic mass is 9.91. The zero-order valence-corrected chi connectivity index (χ0v) is 12.3. The van der Waals surface area contributed by atoms with Crippen LogP contribution in [0.2, 0.25) is 0 Å². The Bertz CT molecular complexity index is 725. The largest absolute Gasteiger partial charge is 0.416 e. The molecule has 1 N–H and O–H groups in total. The molecule has 2 nitrogen and oxygen atoms in total. The van der Waals surface area contributed by atoms with E-state index >= 15 is 0 Å². The maximum absolute atomic E-state index is 12.6. The van der Waals surface area contributed by atoms with Gasteiger partial charge in [0.25, 0.3) is 0 Å². The molecule has 23 heavy (non-hydrogen) atoms. The highest BCUT2D eigenvalue weighted by Gasteiger charge is 2.30. The summed E-state index contributed by atoms with van der Waals surface area (Å²) < 4.78 is 37.8. The molecular formula is C18H14F3NO. The number of hydrogen-bond donors (Lipinski definition) is 1. The molecular weight excluding hydrogens is 303 g/mol. The molecule has 0 spiro atoms. The highest BCUT2D eigenvalue weighted by molar-refractivity contribution is 5.88. The SMILES string of the molecule is C#CC(c1ccc(NC(C)=O)cc1)c1ccc(C(F)(F)F)cc1. The van der Waals surface area contributed by atoms with Gasteiger partial charge >= 0.3 is 6.18 Å². The van der Waals surface area contributed by atoms with Gasteiger partial charge in [-0.05, 0) is 35.4 Å². The van der Waals surface area contributed by atoms with Crippen LogP contribution in [0.15, 0.2) is 48.5 Å². The first-order valence-electron chi connectivity index (χ1n) is 6.82. The van der Waals surface area contributed by atoms with Gasteiger partial charge in [0.05, 0.1) is 11.5 Å². The third kappa shape index (κ3) is 4.13. The fourth-order valence-electron chi connectivity index (χ4n) is 2.21. The van der Waals surface area contributed by atoms with E-state index in [-0.39, 0.29) is 5.91 Å². The third-order valence-electron chi connectivity index (χ3n) is 3.30. The zero-order chi connectivity index (χ0) is 17.0. The van der Waals surface area contributed by atoms with E-state index < -0.39 is 17.7 Å². The molecule has 2 aromatic rings. The first kappa shape index (κ1) is 16.6. The van der Waals surface area contributed by atoms with Crippen LogP contribution >= 0.6 is 0 Å². The Labute approximate surface area is 132 Å². The maximum atomic E-state index is 12.6. The second kappa shape index (κ2) is 6.57. The van der Waals surface area contributed by atoms with Crippen molar-refractivity contribution in [2.24, 2.45) is 0 Å². The molecule has 5 heteroatoms. The van der Waals surface area contributed by atoms with E-state index in [2.05, 4.69) is 11.2 Å². The molecule has 0 bridgehead atoms. The number of alkyl halides is 3. The lowest BCUT2D eigenvalue weighted by Gasteiger charge is -2.14. The van der Waals surface area contributed by atoms with Gasteiger partial charge < -0.3 is 5.32 Å². The standard InChI is InChI=1S/C18H14F3NO/c1-3-17(13-4-8-15(9-5-13)18(19,20)21)14-6-10-16(11-7-14)22-12(2)23/h1,4-11,17H,2H3,(H,22,23). The summed E-state index contributed by atoms with van der Waals surface area (Å²) in [4.78, 5) is 11.0. The highest BCUT2D eigenvalue weighted by Crippen LogP contribution is 2.31. The molecule has 0 aliphatic rings. The Balaban J connectivity index is 2.26. The molecule has 2 aromatic carbocycles. The lowest BCUT2D eigenvalue weighted by Crippen LogP contribution is -2.07. The molecule has 0 saturated heterocycles. The molecule has 0 radical (unpaired) electrons. The summed E-state index contributed by atoms with van der Waals surface area (Å²) in [6.45, 7) is 1.40. The first-order chi connectivity index (χ1) is 10.8. The Morgan fingerprint density at radius 3 is 1.91 bits per heavy atom.